The summed E-state index contributed by atoms with van der Waals surface area (Å²) in [7, 11) is 0. The molecule has 1 rings (SSSR count). The fraction of sp³-hybridized carbons (Fsp3) is 0.273. The molecule has 1 aromatic rings. The smallest absolute Gasteiger partial charge is 0.0383 e. The maximum atomic E-state index is 3.93. The van der Waals surface area contributed by atoms with Gasteiger partial charge in [-0.3, -0.25) is 0 Å². The number of H-pyrrole nitrogens is 1. The first-order valence-electron chi connectivity index (χ1n) is 4.17. The second kappa shape index (κ2) is 3.44. The summed E-state index contributed by atoms with van der Waals surface area (Å²) in [5, 5.41) is 2.16. The van der Waals surface area contributed by atoms with Crippen molar-refractivity contribution in [1.82, 2.24) is 4.98 Å². The van der Waals surface area contributed by atoms with Gasteiger partial charge in [0.05, 0.1) is 0 Å². The largest absolute Gasteiger partial charge is 0.361 e. The van der Waals surface area contributed by atoms with Crippen molar-refractivity contribution in [3.63, 3.8) is 0 Å². The van der Waals surface area contributed by atoms with Crippen LogP contribution in [0.5, 0.6) is 0 Å². The molecule has 12 heavy (non-hydrogen) atoms. The summed E-state index contributed by atoms with van der Waals surface area (Å²) < 4.78 is 0. The van der Waals surface area contributed by atoms with Gasteiger partial charge in [-0.15, -0.1) is 0 Å². The maximum absolute atomic E-state index is 3.93. The van der Waals surface area contributed by atoms with Gasteiger partial charge in [0, 0.05) is 16.8 Å². The molecule has 0 saturated carbocycles. The Bertz CT molecular complexity index is 382. The molecule has 0 aromatic carbocycles. The first kappa shape index (κ1) is 8.85. The van der Waals surface area contributed by atoms with E-state index in [1.54, 1.807) is 0 Å². The number of aromatic nitrogens is 1. The molecule has 0 spiro atoms. The van der Waals surface area contributed by atoms with Gasteiger partial charge in [0.1, 0.15) is 0 Å². The van der Waals surface area contributed by atoms with E-state index in [2.05, 4.69) is 38.1 Å². The Morgan fingerprint density at radius 2 is 2.33 bits per heavy atom. The van der Waals surface area contributed by atoms with Gasteiger partial charge < -0.3 is 4.98 Å². The van der Waals surface area contributed by atoms with Crippen molar-refractivity contribution in [3.05, 3.63) is 34.5 Å². The molecule has 1 aromatic heterocycles. The maximum Gasteiger partial charge on any atom is 0.0383 e. The second-order valence-electron chi connectivity index (χ2n) is 3.02. The third kappa shape index (κ3) is 1.67. The molecule has 0 atom stereocenters. The molecule has 0 fully saturated rings. The van der Waals surface area contributed by atoms with Crippen LogP contribution in [0.25, 0.3) is 12.7 Å². The monoisotopic (exact) mass is 161 g/mol. The summed E-state index contributed by atoms with van der Waals surface area (Å²) in [6, 6.07) is 0. The van der Waals surface area contributed by atoms with E-state index in [1.165, 1.54) is 10.8 Å². The van der Waals surface area contributed by atoms with Gasteiger partial charge in [-0.1, -0.05) is 25.7 Å². The van der Waals surface area contributed by atoms with Crippen molar-refractivity contribution >= 4 is 12.7 Å². The Hall–Kier alpha value is -1.24. The molecule has 0 aliphatic carbocycles. The van der Waals surface area contributed by atoms with Crippen LogP contribution in [-0.2, 0) is 0 Å². The molecule has 1 N–H and O–H groups in total. The molecule has 0 aliphatic rings. The first-order valence-corrected chi connectivity index (χ1v) is 4.17. The number of aromatic amines is 1. The molecule has 1 heteroatoms. The van der Waals surface area contributed by atoms with E-state index in [-0.39, 0.29) is 0 Å². The van der Waals surface area contributed by atoms with Gasteiger partial charge in [-0.05, 0) is 25.0 Å². The average Bonchev–Trinajstić information content (AvgIpc) is 2.35. The van der Waals surface area contributed by atoms with Crippen LogP contribution in [0, 0.1) is 6.92 Å². The van der Waals surface area contributed by atoms with E-state index in [1.807, 2.05) is 6.20 Å². The summed E-state index contributed by atoms with van der Waals surface area (Å²) in [6.45, 7) is 12.0. The van der Waals surface area contributed by atoms with Crippen molar-refractivity contribution < 1.29 is 0 Å². The van der Waals surface area contributed by atoms with Crippen LogP contribution in [0.3, 0.4) is 0 Å². The molecule has 1 nitrogen and oxygen atoms in total. The first-order chi connectivity index (χ1) is 5.65. The van der Waals surface area contributed by atoms with Crippen molar-refractivity contribution in [3.8, 4) is 0 Å². The van der Waals surface area contributed by atoms with E-state index in [0.717, 1.165) is 17.3 Å². The number of hydrogen-bond donors (Lipinski definition) is 1. The van der Waals surface area contributed by atoms with Gasteiger partial charge in [0.25, 0.3) is 0 Å². The number of rotatable bonds is 2. The second-order valence-corrected chi connectivity index (χ2v) is 3.02. The zero-order valence-electron chi connectivity index (χ0n) is 7.78. The lowest BCUT2D eigenvalue weighted by Gasteiger charge is -1.90. The SMILES string of the molecule is C=C(/C=c1/c(C)c[nH]c1=C)CC. The Kier molecular flexibility index (Phi) is 2.54. The summed E-state index contributed by atoms with van der Waals surface area (Å²) >= 11 is 0. The zero-order chi connectivity index (χ0) is 9.14. The van der Waals surface area contributed by atoms with Gasteiger partial charge >= 0.3 is 0 Å². The third-order valence-electron chi connectivity index (χ3n) is 2.02. The fourth-order valence-corrected chi connectivity index (χ4v) is 1.10. The van der Waals surface area contributed by atoms with Gasteiger partial charge in [0.2, 0.25) is 0 Å². The fourth-order valence-electron chi connectivity index (χ4n) is 1.10. The lowest BCUT2D eigenvalue weighted by molar-refractivity contribution is 1.18. The predicted molar refractivity (Wildman–Crippen MR) is 54.2 cm³/mol. The number of allylic oxidation sites excluding steroid dienone is 1. The zero-order valence-corrected chi connectivity index (χ0v) is 7.78. The summed E-state index contributed by atoms with van der Waals surface area (Å²) in [5.74, 6) is 0. The van der Waals surface area contributed by atoms with Crippen LogP contribution in [0.15, 0.2) is 18.3 Å². The van der Waals surface area contributed by atoms with Crippen LogP contribution < -0.4 is 10.6 Å². The highest BCUT2D eigenvalue weighted by molar-refractivity contribution is 5.46. The summed E-state index contributed by atoms with van der Waals surface area (Å²) in [5.41, 5.74) is 2.37. The highest BCUT2D eigenvalue weighted by Gasteiger charge is 1.91. The van der Waals surface area contributed by atoms with Crippen molar-refractivity contribution in [2.75, 3.05) is 0 Å². The molecule has 64 valence electrons. The van der Waals surface area contributed by atoms with E-state index in [4.69, 9.17) is 0 Å². The quantitative estimate of drug-likeness (QED) is 0.676. The minimum atomic E-state index is 0.974. The van der Waals surface area contributed by atoms with Crippen molar-refractivity contribution in [2.45, 2.75) is 20.3 Å². The predicted octanol–water partition coefficient (Wildman–Crippen LogP) is 1.48. The molecule has 0 unspecified atom stereocenters. The van der Waals surface area contributed by atoms with Crippen molar-refractivity contribution in [2.24, 2.45) is 0 Å². The average molecular weight is 161 g/mol. The Morgan fingerprint density at radius 3 is 2.75 bits per heavy atom. The summed E-state index contributed by atoms with van der Waals surface area (Å²) in [4.78, 5) is 3.08. The third-order valence-corrected chi connectivity index (χ3v) is 2.02. The topological polar surface area (TPSA) is 15.8 Å². The van der Waals surface area contributed by atoms with Crippen molar-refractivity contribution in [1.29, 1.82) is 0 Å². The van der Waals surface area contributed by atoms with Gasteiger partial charge in [-0.2, -0.15) is 0 Å². The highest BCUT2D eigenvalue weighted by atomic mass is 14.6. The summed E-state index contributed by atoms with van der Waals surface area (Å²) in [6.07, 6.45) is 5.05. The molecule has 1 heterocycles. The number of hydrogen-bond acceptors (Lipinski definition) is 0. The van der Waals surface area contributed by atoms with Crippen LogP contribution in [-0.4, -0.2) is 4.98 Å². The molecule has 0 bridgehead atoms. The lowest BCUT2D eigenvalue weighted by Crippen LogP contribution is -2.22. The number of aryl methyl sites for hydroxylation is 1. The molecular formula is C11H15N. The molecule has 0 saturated heterocycles. The normalized spacial score (nSPS) is 12.0. The molecule has 0 aliphatic heterocycles. The molecular weight excluding hydrogens is 146 g/mol. The van der Waals surface area contributed by atoms with Crippen LogP contribution in [0.2, 0.25) is 0 Å². The van der Waals surface area contributed by atoms with E-state index >= 15 is 0 Å². The van der Waals surface area contributed by atoms with Gasteiger partial charge in [0.15, 0.2) is 0 Å². The lowest BCUT2D eigenvalue weighted by atomic mass is 10.2. The van der Waals surface area contributed by atoms with Gasteiger partial charge in [-0.25, -0.2) is 0 Å². The Balaban J connectivity index is 3.26. The Labute approximate surface area is 73.1 Å². The minimum absolute atomic E-state index is 0.974. The highest BCUT2D eigenvalue weighted by Crippen LogP contribution is 1.96. The molecule has 0 radical (unpaired) electrons. The van der Waals surface area contributed by atoms with E-state index in [0.29, 0.717) is 0 Å². The minimum Gasteiger partial charge on any atom is -0.361 e. The Morgan fingerprint density at radius 1 is 1.67 bits per heavy atom. The van der Waals surface area contributed by atoms with Crippen LogP contribution in [0.4, 0.5) is 0 Å². The van der Waals surface area contributed by atoms with E-state index < -0.39 is 0 Å². The molecule has 0 amide bonds. The van der Waals surface area contributed by atoms with E-state index in [9.17, 15) is 0 Å². The number of nitrogens with one attached hydrogen (secondary N) is 1. The standard InChI is InChI=1S/C11H15N/c1-5-8(2)6-11-9(3)7-12-10(11)4/h6-7,12H,2,4-5H2,1,3H3/b11-6-. The van der Waals surface area contributed by atoms with Crippen LogP contribution >= 0.6 is 0 Å². The van der Waals surface area contributed by atoms with Crippen LogP contribution in [0.1, 0.15) is 18.9 Å².